The first-order valence-electron chi connectivity index (χ1n) is 7.59. The van der Waals surface area contributed by atoms with E-state index >= 15 is 0 Å². The summed E-state index contributed by atoms with van der Waals surface area (Å²) in [6.07, 6.45) is 5.54. The highest BCUT2D eigenvalue weighted by atomic mass is 15.3. The standard InChI is InChI=1S/C16H24N4/c1-13-5-3-6-14(19-13)11-18-15(17-2)20-10-9-16(12-20)7-4-8-16/h3,5-6H,4,7-12H2,1-2H3,(H,17,18). The summed E-state index contributed by atoms with van der Waals surface area (Å²) >= 11 is 0. The summed E-state index contributed by atoms with van der Waals surface area (Å²) in [5.74, 6) is 1.03. The smallest absolute Gasteiger partial charge is 0.193 e. The summed E-state index contributed by atoms with van der Waals surface area (Å²) in [5, 5.41) is 3.45. The van der Waals surface area contributed by atoms with Crippen LogP contribution in [0.5, 0.6) is 0 Å². The Hall–Kier alpha value is -1.58. The molecule has 0 bridgehead atoms. The van der Waals surface area contributed by atoms with Crippen molar-refractivity contribution < 1.29 is 0 Å². The summed E-state index contributed by atoms with van der Waals surface area (Å²) in [6, 6.07) is 6.14. The molecule has 2 fully saturated rings. The van der Waals surface area contributed by atoms with Crippen molar-refractivity contribution in [3.8, 4) is 0 Å². The molecule has 1 saturated carbocycles. The third-order valence-electron chi connectivity index (χ3n) is 4.74. The second-order valence-corrected chi connectivity index (χ2v) is 6.20. The minimum absolute atomic E-state index is 0.610. The first kappa shape index (κ1) is 13.4. The van der Waals surface area contributed by atoms with Gasteiger partial charge in [0, 0.05) is 25.8 Å². The van der Waals surface area contributed by atoms with Gasteiger partial charge in [0.15, 0.2) is 5.96 Å². The molecule has 1 aromatic rings. The molecule has 0 aromatic carbocycles. The quantitative estimate of drug-likeness (QED) is 0.663. The third kappa shape index (κ3) is 2.65. The van der Waals surface area contributed by atoms with Crippen LogP contribution in [0, 0.1) is 12.3 Å². The van der Waals surface area contributed by atoms with E-state index in [-0.39, 0.29) is 0 Å². The molecule has 1 saturated heterocycles. The number of guanidine groups is 1. The Labute approximate surface area is 121 Å². The van der Waals surface area contributed by atoms with Crippen molar-refractivity contribution in [2.45, 2.75) is 39.2 Å². The Kier molecular flexibility index (Phi) is 3.64. The van der Waals surface area contributed by atoms with Crippen LogP contribution in [0.3, 0.4) is 0 Å². The molecule has 1 N–H and O–H groups in total. The zero-order chi connectivity index (χ0) is 14.0. The van der Waals surface area contributed by atoms with Crippen LogP contribution < -0.4 is 5.32 Å². The fourth-order valence-electron chi connectivity index (χ4n) is 3.40. The molecule has 4 heteroatoms. The van der Waals surface area contributed by atoms with Crippen LogP contribution in [0.25, 0.3) is 0 Å². The summed E-state index contributed by atoms with van der Waals surface area (Å²) in [5.41, 5.74) is 2.75. The molecular weight excluding hydrogens is 248 g/mol. The van der Waals surface area contributed by atoms with Crippen molar-refractivity contribution in [1.82, 2.24) is 15.2 Å². The topological polar surface area (TPSA) is 40.5 Å². The minimum Gasteiger partial charge on any atom is -0.351 e. The van der Waals surface area contributed by atoms with Gasteiger partial charge in [0.05, 0.1) is 12.2 Å². The summed E-state index contributed by atoms with van der Waals surface area (Å²) in [6.45, 7) is 5.09. The Balaban J connectivity index is 1.58. The largest absolute Gasteiger partial charge is 0.351 e. The van der Waals surface area contributed by atoms with Gasteiger partial charge in [0.2, 0.25) is 0 Å². The average molecular weight is 272 g/mol. The highest BCUT2D eigenvalue weighted by molar-refractivity contribution is 5.80. The lowest BCUT2D eigenvalue weighted by Gasteiger charge is -2.38. The molecule has 1 aliphatic carbocycles. The van der Waals surface area contributed by atoms with E-state index in [2.05, 4.69) is 32.3 Å². The fourth-order valence-corrected chi connectivity index (χ4v) is 3.40. The molecule has 20 heavy (non-hydrogen) atoms. The molecule has 2 heterocycles. The molecule has 0 unspecified atom stereocenters. The highest BCUT2D eigenvalue weighted by Gasteiger charge is 2.43. The maximum atomic E-state index is 4.53. The van der Waals surface area contributed by atoms with E-state index in [4.69, 9.17) is 0 Å². The first-order valence-corrected chi connectivity index (χ1v) is 7.59. The average Bonchev–Trinajstić information content (AvgIpc) is 2.85. The summed E-state index contributed by atoms with van der Waals surface area (Å²) in [4.78, 5) is 11.4. The number of aryl methyl sites for hydroxylation is 1. The van der Waals surface area contributed by atoms with E-state index < -0.39 is 0 Å². The SMILES string of the molecule is CN=C(NCc1cccc(C)n1)N1CCC2(CCC2)C1. The number of aliphatic imine (C=N–C) groups is 1. The minimum atomic E-state index is 0.610. The van der Waals surface area contributed by atoms with E-state index in [1.54, 1.807) is 0 Å². The number of likely N-dealkylation sites (tertiary alicyclic amines) is 1. The molecule has 4 nitrogen and oxygen atoms in total. The lowest BCUT2D eigenvalue weighted by atomic mass is 9.68. The number of rotatable bonds is 2. The van der Waals surface area contributed by atoms with Gasteiger partial charge in [-0.05, 0) is 43.7 Å². The van der Waals surface area contributed by atoms with Crippen molar-refractivity contribution in [3.05, 3.63) is 29.6 Å². The number of hydrogen-bond acceptors (Lipinski definition) is 2. The van der Waals surface area contributed by atoms with Gasteiger partial charge in [-0.1, -0.05) is 12.5 Å². The zero-order valence-electron chi connectivity index (χ0n) is 12.5. The first-order chi connectivity index (χ1) is 9.71. The molecule has 0 radical (unpaired) electrons. The Bertz CT molecular complexity index is 505. The van der Waals surface area contributed by atoms with Gasteiger partial charge >= 0.3 is 0 Å². The van der Waals surface area contributed by atoms with Crippen molar-refractivity contribution in [2.24, 2.45) is 10.4 Å². The van der Waals surface area contributed by atoms with Gasteiger partial charge in [0.25, 0.3) is 0 Å². The van der Waals surface area contributed by atoms with Crippen molar-refractivity contribution in [1.29, 1.82) is 0 Å². The predicted molar refractivity (Wildman–Crippen MR) is 81.6 cm³/mol. The molecule has 2 aliphatic rings. The van der Waals surface area contributed by atoms with E-state index in [0.29, 0.717) is 5.41 Å². The van der Waals surface area contributed by atoms with Crippen molar-refractivity contribution >= 4 is 5.96 Å². The molecule has 1 spiro atoms. The Morgan fingerprint density at radius 2 is 2.25 bits per heavy atom. The monoisotopic (exact) mass is 272 g/mol. The van der Waals surface area contributed by atoms with Crippen LogP contribution in [0.1, 0.15) is 37.1 Å². The third-order valence-corrected chi connectivity index (χ3v) is 4.74. The van der Waals surface area contributed by atoms with Crippen LogP contribution in [0.2, 0.25) is 0 Å². The molecule has 108 valence electrons. The van der Waals surface area contributed by atoms with Gasteiger partial charge < -0.3 is 10.2 Å². The molecule has 0 atom stereocenters. The van der Waals surface area contributed by atoms with Crippen LogP contribution >= 0.6 is 0 Å². The van der Waals surface area contributed by atoms with Gasteiger partial charge in [-0.25, -0.2) is 0 Å². The molecule has 1 aromatic heterocycles. The maximum absolute atomic E-state index is 4.53. The Morgan fingerprint density at radius 1 is 1.40 bits per heavy atom. The molecule has 0 amide bonds. The van der Waals surface area contributed by atoms with E-state index in [0.717, 1.165) is 30.4 Å². The number of hydrogen-bond donors (Lipinski definition) is 1. The maximum Gasteiger partial charge on any atom is 0.193 e. The van der Waals surface area contributed by atoms with Crippen LogP contribution in [-0.2, 0) is 6.54 Å². The highest BCUT2D eigenvalue weighted by Crippen LogP contribution is 2.47. The van der Waals surface area contributed by atoms with Crippen molar-refractivity contribution in [3.63, 3.8) is 0 Å². The second kappa shape index (κ2) is 5.43. The lowest BCUT2D eigenvalue weighted by molar-refractivity contribution is 0.151. The van der Waals surface area contributed by atoms with Gasteiger partial charge in [0.1, 0.15) is 0 Å². The van der Waals surface area contributed by atoms with E-state index in [9.17, 15) is 0 Å². The number of nitrogens with zero attached hydrogens (tertiary/aromatic N) is 3. The van der Waals surface area contributed by atoms with E-state index in [1.165, 1.54) is 32.2 Å². The number of aromatic nitrogens is 1. The number of nitrogens with one attached hydrogen (secondary N) is 1. The molecule has 3 rings (SSSR count). The van der Waals surface area contributed by atoms with Gasteiger partial charge in [-0.3, -0.25) is 9.98 Å². The normalized spacial score (nSPS) is 21.1. The summed E-state index contributed by atoms with van der Waals surface area (Å²) in [7, 11) is 1.87. The van der Waals surface area contributed by atoms with Gasteiger partial charge in [-0.2, -0.15) is 0 Å². The lowest BCUT2D eigenvalue weighted by Crippen LogP contribution is -2.42. The number of pyridine rings is 1. The zero-order valence-corrected chi connectivity index (χ0v) is 12.5. The molecule has 1 aliphatic heterocycles. The Morgan fingerprint density at radius 3 is 2.85 bits per heavy atom. The molecular formula is C16H24N4. The van der Waals surface area contributed by atoms with Crippen molar-refractivity contribution in [2.75, 3.05) is 20.1 Å². The van der Waals surface area contributed by atoms with Crippen LogP contribution in [0.4, 0.5) is 0 Å². The second-order valence-electron chi connectivity index (χ2n) is 6.20. The van der Waals surface area contributed by atoms with Gasteiger partial charge in [-0.15, -0.1) is 0 Å². The van der Waals surface area contributed by atoms with E-state index in [1.807, 2.05) is 20.0 Å². The van der Waals surface area contributed by atoms with Crippen LogP contribution in [0.15, 0.2) is 23.2 Å². The summed E-state index contributed by atoms with van der Waals surface area (Å²) < 4.78 is 0. The van der Waals surface area contributed by atoms with Crippen LogP contribution in [-0.4, -0.2) is 36.0 Å². The predicted octanol–water partition coefficient (Wildman–Crippen LogP) is 2.34. The fraction of sp³-hybridized carbons (Fsp3) is 0.625.